The van der Waals surface area contributed by atoms with Crippen LogP contribution in [0.1, 0.15) is 5.76 Å². The predicted octanol–water partition coefficient (Wildman–Crippen LogP) is 2.76. The smallest absolute Gasteiger partial charge is 0.145 e. The molecule has 0 unspecified atom stereocenters. The van der Waals surface area contributed by atoms with E-state index in [0.29, 0.717) is 0 Å². The Morgan fingerprint density at radius 1 is 1.44 bits per heavy atom. The molecule has 1 N–H and O–H groups in total. The van der Waals surface area contributed by atoms with Gasteiger partial charge in [0.25, 0.3) is 0 Å². The Balaban J connectivity index is 2.29. The van der Waals surface area contributed by atoms with Gasteiger partial charge in [-0.2, -0.15) is 0 Å². The number of hydrogen-bond donors (Lipinski definition) is 1. The topological polar surface area (TPSA) is 38.1 Å². The van der Waals surface area contributed by atoms with Crippen molar-refractivity contribution in [2.75, 3.05) is 13.6 Å². The third kappa shape index (κ3) is 2.43. The molecule has 4 heteroatoms. The van der Waals surface area contributed by atoms with Crippen LogP contribution in [0.2, 0.25) is 5.02 Å². The van der Waals surface area contributed by atoms with Gasteiger partial charge in [0, 0.05) is 23.6 Å². The monoisotopic (exact) mass is 236 g/mol. The van der Waals surface area contributed by atoms with E-state index < -0.39 is 0 Å². The zero-order valence-electron chi connectivity index (χ0n) is 9.03. The Morgan fingerprint density at radius 2 is 2.31 bits per heavy atom. The van der Waals surface area contributed by atoms with Crippen LogP contribution >= 0.6 is 11.6 Å². The van der Waals surface area contributed by atoms with E-state index in [0.717, 1.165) is 34.9 Å². The molecule has 2 aromatic rings. The third-order valence-corrected chi connectivity index (χ3v) is 2.62. The van der Waals surface area contributed by atoms with Gasteiger partial charge in [-0.15, -0.1) is 0 Å². The first-order chi connectivity index (χ1) is 7.81. The molecule has 0 aliphatic heterocycles. The maximum absolute atomic E-state index is 5.96. The number of halogens is 1. The molecule has 0 spiro atoms. The van der Waals surface area contributed by atoms with Crippen LogP contribution in [0.25, 0.3) is 11.1 Å². The predicted molar refractivity (Wildman–Crippen MR) is 64.6 cm³/mol. The van der Waals surface area contributed by atoms with Crippen LogP contribution in [0.5, 0.6) is 0 Å². The summed E-state index contributed by atoms with van der Waals surface area (Å²) in [5.41, 5.74) is 2.05. The van der Waals surface area contributed by atoms with Crippen molar-refractivity contribution in [1.29, 1.82) is 0 Å². The number of hydrogen-bond acceptors (Lipinski definition) is 3. The van der Waals surface area contributed by atoms with Crippen molar-refractivity contribution in [3.63, 3.8) is 0 Å². The minimum Gasteiger partial charge on any atom is -0.361 e. The number of rotatable bonds is 4. The number of benzene rings is 1. The molecular formula is C12H13ClN2O. The van der Waals surface area contributed by atoms with E-state index in [9.17, 15) is 0 Å². The zero-order valence-corrected chi connectivity index (χ0v) is 9.79. The van der Waals surface area contributed by atoms with E-state index in [1.54, 1.807) is 6.20 Å². The summed E-state index contributed by atoms with van der Waals surface area (Å²) in [6.45, 7) is 0.864. The number of nitrogens with zero attached hydrogens (tertiary/aromatic N) is 1. The van der Waals surface area contributed by atoms with Crippen molar-refractivity contribution in [3.05, 3.63) is 41.2 Å². The Labute approximate surface area is 99.4 Å². The lowest BCUT2D eigenvalue weighted by atomic mass is 10.1. The van der Waals surface area contributed by atoms with Gasteiger partial charge in [0.2, 0.25) is 0 Å². The fourth-order valence-electron chi connectivity index (χ4n) is 1.57. The van der Waals surface area contributed by atoms with Crippen LogP contribution in [0.4, 0.5) is 0 Å². The molecule has 1 aromatic carbocycles. The largest absolute Gasteiger partial charge is 0.361 e. The average molecular weight is 237 g/mol. The van der Waals surface area contributed by atoms with E-state index in [-0.39, 0.29) is 0 Å². The molecule has 0 saturated heterocycles. The van der Waals surface area contributed by atoms with Gasteiger partial charge in [-0.1, -0.05) is 28.9 Å². The van der Waals surface area contributed by atoms with Gasteiger partial charge in [-0.25, -0.2) is 0 Å². The van der Waals surface area contributed by atoms with Crippen LogP contribution in [0, 0.1) is 0 Å². The molecule has 2 rings (SSSR count). The van der Waals surface area contributed by atoms with Crippen molar-refractivity contribution in [2.24, 2.45) is 0 Å². The van der Waals surface area contributed by atoms with E-state index >= 15 is 0 Å². The molecule has 0 amide bonds. The van der Waals surface area contributed by atoms with Gasteiger partial charge >= 0.3 is 0 Å². The summed E-state index contributed by atoms with van der Waals surface area (Å²) in [6.07, 6.45) is 2.55. The SMILES string of the molecule is CNCCc1oncc1-c1cccc(Cl)c1. The van der Waals surface area contributed by atoms with Crippen LogP contribution < -0.4 is 5.32 Å². The van der Waals surface area contributed by atoms with Gasteiger partial charge < -0.3 is 9.84 Å². The maximum Gasteiger partial charge on any atom is 0.145 e. The summed E-state index contributed by atoms with van der Waals surface area (Å²) in [5.74, 6) is 0.886. The van der Waals surface area contributed by atoms with E-state index in [4.69, 9.17) is 16.1 Å². The van der Waals surface area contributed by atoms with Gasteiger partial charge in [-0.3, -0.25) is 0 Å². The van der Waals surface area contributed by atoms with Crippen LogP contribution in [0.15, 0.2) is 35.0 Å². The molecule has 16 heavy (non-hydrogen) atoms. The van der Waals surface area contributed by atoms with Gasteiger partial charge in [0.05, 0.1) is 6.20 Å². The fraction of sp³-hybridized carbons (Fsp3) is 0.250. The van der Waals surface area contributed by atoms with Crippen molar-refractivity contribution in [2.45, 2.75) is 6.42 Å². The maximum atomic E-state index is 5.96. The lowest BCUT2D eigenvalue weighted by Gasteiger charge is -2.01. The number of aromatic nitrogens is 1. The summed E-state index contributed by atoms with van der Waals surface area (Å²) in [4.78, 5) is 0. The first-order valence-electron chi connectivity index (χ1n) is 5.15. The molecule has 3 nitrogen and oxygen atoms in total. The lowest BCUT2D eigenvalue weighted by Crippen LogP contribution is -2.10. The first-order valence-corrected chi connectivity index (χ1v) is 5.53. The van der Waals surface area contributed by atoms with Crippen molar-refractivity contribution >= 4 is 11.6 Å². The average Bonchev–Trinajstić information content (AvgIpc) is 2.74. The summed E-state index contributed by atoms with van der Waals surface area (Å²) in [6, 6.07) is 7.69. The Hall–Kier alpha value is -1.32. The highest BCUT2D eigenvalue weighted by atomic mass is 35.5. The first kappa shape index (κ1) is 11.2. The molecule has 0 aliphatic carbocycles. The van der Waals surface area contributed by atoms with E-state index in [2.05, 4.69) is 10.5 Å². The number of likely N-dealkylation sites (N-methyl/N-ethyl adjacent to an activating group) is 1. The second kappa shape index (κ2) is 5.14. The quantitative estimate of drug-likeness (QED) is 0.887. The van der Waals surface area contributed by atoms with Crippen molar-refractivity contribution in [1.82, 2.24) is 10.5 Å². The highest BCUT2D eigenvalue weighted by Gasteiger charge is 2.09. The van der Waals surface area contributed by atoms with Crippen LogP contribution in [0.3, 0.4) is 0 Å². The summed E-state index contributed by atoms with van der Waals surface area (Å²) in [5, 5.41) is 7.64. The highest BCUT2D eigenvalue weighted by molar-refractivity contribution is 6.30. The summed E-state index contributed by atoms with van der Waals surface area (Å²) in [7, 11) is 1.91. The fourth-order valence-corrected chi connectivity index (χ4v) is 1.76. The van der Waals surface area contributed by atoms with Crippen LogP contribution in [-0.4, -0.2) is 18.7 Å². The molecule has 0 aliphatic rings. The number of nitrogens with one attached hydrogen (secondary N) is 1. The molecule has 1 aromatic heterocycles. The minimum atomic E-state index is 0.721. The van der Waals surface area contributed by atoms with E-state index in [1.165, 1.54) is 0 Å². The molecule has 0 fully saturated rings. The summed E-state index contributed by atoms with van der Waals surface area (Å²) < 4.78 is 5.23. The molecule has 0 bridgehead atoms. The Kier molecular flexibility index (Phi) is 3.59. The Morgan fingerprint density at radius 3 is 3.06 bits per heavy atom. The molecule has 0 atom stereocenters. The highest BCUT2D eigenvalue weighted by Crippen LogP contribution is 2.26. The lowest BCUT2D eigenvalue weighted by molar-refractivity contribution is 0.382. The molecule has 84 valence electrons. The third-order valence-electron chi connectivity index (χ3n) is 2.38. The van der Waals surface area contributed by atoms with Crippen LogP contribution in [-0.2, 0) is 6.42 Å². The van der Waals surface area contributed by atoms with E-state index in [1.807, 2.05) is 31.3 Å². The molecule has 0 radical (unpaired) electrons. The second-order valence-corrected chi connectivity index (χ2v) is 3.96. The van der Waals surface area contributed by atoms with Gasteiger partial charge in [-0.05, 0) is 24.7 Å². The second-order valence-electron chi connectivity index (χ2n) is 3.53. The standard InChI is InChI=1S/C12H13ClN2O/c1-14-6-5-12-11(8-15-16-12)9-3-2-4-10(13)7-9/h2-4,7-8,14H,5-6H2,1H3. The molecule has 0 saturated carbocycles. The molecule has 1 heterocycles. The molecular weight excluding hydrogens is 224 g/mol. The minimum absolute atomic E-state index is 0.721. The van der Waals surface area contributed by atoms with Gasteiger partial charge in [0.15, 0.2) is 0 Å². The van der Waals surface area contributed by atoms with Crippen molar-refractivity contribution < 1.29 is 4.52 Å². The normalized spacial score (nSPS) is 10.6. The van der Waals surface area contributed by atoms with Crippen molar-refractivity contribution in [3.8, 4) is 11.1 Å². The zero-order chi connectivity index (χ0) is 11.4. The summed E-state index contributed by atoms with van der Waals surface area (Å²) >= 11 is 5.96. The Bertz CT molecular complexity index is 468. The van der Waals surface area contributed by atoms with Gasteiger partial charge in [0.1, 0.15) is 5.76 Å².